The van der Waals surface area contributed by atoms with E-state index in [0.29, 0.717) is 43.8 Å². The van der Waals surface area contributed by atoms with Crippen LogP contribution in [-0.4, -0.2) is 69.2 Å². The molecular weight excluding hydrogens is 653 g/mol. The van der Waals surface area contributed by atoms with Crippen LogP contribution in [0.2, 0.25) is 0 Å². The molecule has 3 atom stereocenters. The van der Waals surface area contributed by atoms with Crippen LogP contribution in [0.1, 0.15) is 62.1 Å². The molecule has 1 heterocycles. The number of hydrogen-bond acceptors (Lipinski definition) is 7. The molecule has 4 rings (SSSR count). The van der Waals surface area contributed by atoms with Crippen LogP contribution in [0.5, 0.6) is 0 Å². The lowest BCUT2D eigenvalue weighted by Gasteiger charge is -2.31. The number of aryl methyl sites for hydroxylation is 2. The Hall–Kier alpha value is -3.00. The number of thiocarbonyl (C=S) groups is 1. The Morgan fingerprint density at radius 2 is 1.53 bits per heavy atom. The third-order valence-corrected chi connectivity index (χ3v) is 12.1. The highest BCUT2D eigenvalue weighted by molar-refractivity contribution is 7.89. The molecule has 0 fully saturated rings. The number of aliphatic hydroxyl groups excluding tert-OH is 1. The SMILES string of the molecule is Cc1ccc(S(=O)(=O)N[C@@H](CC2C=Nc3ccccc32)C(=S)NCCCC[C@@H](CO)N(CC(C)C)S(=O)(=O)c2ccc(C)cc2)cc1. The summed E-state index contributed by atoms with van der Waals surface area (Å²) in [6.07, 6.45) is 3.96. The first-order valence-corrected chi connectivity index (χ1v) is 19.3. The zero-order chi connectivity index (χ0) is 34.2. The summed E-state index contributed by atoms with van der Waals surface area (Å²) in [5.74, 6) is -0.0368. The van der Waals surface area contributed by atoms with Crippen LogP contribution in [0.15, 0.2) is 87.6 Å². The number of sulfonamides is 2. The highest BCUT2D eigenvalue weighted by Gasteiger charge is 2.32. The Bertz CT molecular complexity index is 1740. The van der Waals surface area contributed by atoms with Gasteiger partial charge in [-0.15, -0.1) is 0 Å². The first-order chi connectivity index (χ1) is 22.3. The molecule has 0 saturated carbocycles. The van der Waals surface area contributed by atoms with Crippen molar-refractivity contribution in [1.82, 2.24) is 14.3 Å². The van der Waals surface area contributed by atoms with Gasteiger partial charge in [-0.3, -0.25) is 4.99 Å². The van der Waals surface area contributed by atoms with Gasteiger partial charge in [-0.25, -0.2) is 21.6 Å². The minimum atomic E-state index is -3.86. The zero-order valence-electron chi connectivity index (χ0n) is 27.5. The van der Waals surface area contributed by atoms with Crippen LogP contribution < -0.4 is 10.0 Å². The number of hydrogen-bond donors (Lipinski definition) is 3. The van der Waals surface area contributed by atoms with Gasteiger partial charge in [-0.1, -0.05) is 86.1 Å². The van der Waals surface area contributed by atoms with Crippen molar-refractivity contribution in [3.8, 4) is 0 Å². The Morgan fingerprint density at radius 1 is 0.915 bits per heavy atom. The van der Waals surface area contributed by atoms with Crippen molar-refractivity contribution in [2.24, 2.45) is 10.9 Å². The van der Waals surface area contributed by atoms with E-state index in [1.165, 1.54) is 4.31 Å². The van der Waals surface area contributed by atoms with Gasteiger partial charge in [0, 0.05) is 31.3 Å². The van der Waals surface area contributed by atoms with Crippen LogP contribution >= 0.6 is 12.2 Å². The summed E-state index contributed by atoms with van der Waals surface area (Å²) in [6, 6.07) is 20.0. The predicted molar refractivity (Wildman–Crippen MR) is 192 cm³/mol. The summed E-state index contributed by atoms with van der Waals surface area (Å²) in [7, 11) is -7.67. The molecule has 3 aromatic carbocycles. The summed E-state index contributed by atoms with van der Waals surface area (Å²) in [6.45, 7) is 8.17. The van der Waals surface area contributed by atoms with Gasteiger partial charge < -0.3 is 10.4 Å². The second-order valence-corrected chi connectivity index (χ2v) is 16.6. The van der Waals surface area contributed by atoms with E-state index in [-0.39, 0.29) is 28.2 Å². The molecule has 0 aromatic heterocycles. The molecule has 0 aliphatic carbocycles. The number of aliphatic imine (C=N–C) groups is 1. The Labute approximate surface area is 285 Å². The molecule has 1 unspecified atom stereocenters. The topological polar surface area (TPSA) is 128 Å². The number of nitrogens with one attached hydrogen (secondary N) is 2. The summed E-state index contributed by atoms with van der Waals surface area (Å²) in [5, 5.41) is 13.5. The van der Waals surface area contributed by atoms with E-state index >= 15 is 0 Å². The highest BCUT2D eigenvalue weighted by Crippen LogP contribution is 2.34. The van der Waals surface area contributed by atoms with E-state index in [2.05, 4.69) is 15.0 Å². The summed E-state index contributed by atoms with van der Waals surface area (Å²) >= 11 is 5.76. The van der Waals surface area contributed by atoms with Crippen molar-refractivity contribution in [3.63, 3.8) is 0 Å². The van der Waals surface area contributed by atoms with Crippen molar-refractivity contribution in [2.45, 2.75) is 81.2 Å². The molecule has 254 valence electrons. The average Bonchev–Trinajstić information content (AvgIpc) is 3.44. The number of rotatable bonds is 17. The molecule has 0 saturated heterocycles. The smallest absolute Gasteiger partial charge is 0.243 e. The molecule has 1 aliphatic rings. The molecule has 12 heteroatoms. The fourth-order valence-electron chi connectivity index (χ4n) is 5.61. The largest absolute Gasteiger partial charge is 0.395 e. The lowest BCUT2D eigenvalue weighted by Crippen LogP contribution is -2.46. The second-order valence-electron chi connectivity index (χ2n) is 12.6. The molecule has 0 amide bonds. The standard InChI is InChI=1S/C35H46N4O5S3/c1-25(2)23-39(47(43,44)31-18-14-27(4)15-19-31)29(24-40)9-7-8-20-36-35(45)34(21-28-22-37-33-11-6-5-10-32(28)33)38-46(41,42)30-16-12-26(3)13-17-30/h5-6,10-19,22,25,28-29,34,38,40H,7-9,20-21,23-24H2,1-4H3,(H,36,45)/t28?,29-,34-/m0/s1. The normalized spacial score (nSPS) is 15.9. The first-order valence-electron chi connectivity index (χ1n) is 16.0. The highest BCUT2D eigenvalue weighted by atomic mass is 32.2. The Balaban J connectivity index is 1.40. The zero-order valence-corrected chi connectivity index (χ0v) is 29.9. The molecular formula is C35H46N4O5S3. The van der Waals surface area contributed by atoms with E-state index in [1.807, 2.05) is 58.2 Å². The lowest BCUT2D eigenvalue weighted by molar-refractivity contribution is 0.168. The van der Waals surface area contributed by atoms with E-state index in [0.717, 1.165) is 22.4 Å². The fourth-order valence-corrected chi connectivity index (χ4v) is 8.97. The van der Waals surface area contributed by atoms with Crippen molar-refractivity contribution >= 4 is 49.2 Å². The molecule has 3 N–H and O–H groups in total. The molecule has 0 bridgehead atoms. The number of fused-ring (bicyclic) bond motifs is 1. The van der Waals surface area contributed by atoms with Crippen molar-refractivity contribution < 1.29 is 21.9 Å². The maximum atomic E-state index is 13.6. The third kappa shape index (κ3) is 9.77. The van der Waals surface area contributed by atoms with Gasteiger partial charge >= 0.3 is 0 Å². The van der Waals surface area contributed by atoms with Gasteiger partial charge in [0.2, 0.25) is 20.0 Å². The van der Waals surface area contributed by atoms with Gasteiger partial charge in [0.15, 0.2) is 0 Å². The summed E-state index contributed by atoms with van der Waals surface area (Å²) in [5.41, 5.74) is 3.82. The second kappa shape index (κ2) is 16.4. The summed E-state index contributed by atoms with van der Waals surface area (Å²) in [4.78, 5) is 5.26. The quantitative estimate of drug-likeness (QED) is 0.123. The van der Waals surface area contributed by atoms with Gasteiger partial charge in [0.1, 0.15) is 0 Å². The van der Waals surface area contributed by atoms with Gasteiger partial charge in [0.25, 0.3) is 0 Å². The molecule has 1 aliphatic heterocycles. The van der Waals surface area contributed by atoms with E-state index in [1.54, 1.807) is 48.5 Å². The van der Waals surface area contributed by atoms with Crippen molar-refractivity contribution in [1.29, 1.82) is 0 Å². The maximum Gasteiger partial charge on any atom is 0.243 e. The van der Waals surface area contributed by atoms with Gasteiger partial charge in [-0.05, 0) is 74.9 Å². The van der Waals surface area contributed by atoms with Crippen LogP contribution in [0.4, 0.5) is 5.69 Å². The number of para-hydroxylation sites is 1. The molecule has 9 nitrogen and oxygen atoms in total. The molecule has 0 spiro atoms. The number of aliphatic hydroxyl groups is 1. The van der Waals surface area contributed by atoms with E-state index in [9.17, 15) is 21.9 Å². The average molecular weight is 699 g/mol. The van der Waals surface area contributed by atoms with E-state index in [4.69, 9.17) is 12.2 Å². The minimum Gasteiger partial charge on any atom is -0.395 e. The minimum absolute atomic E-state index is 0.0702. The number of unbranched alkanes of at least 4 members (excludes halogenated alkanes) is 1. The maximum absolute atomic E-state index is 13.6. The Kier molecular flexibility index (Phi) is 12.9. The molecule has 0 radical (unpaired) electrons. The van der Waals surface area contributed by atoms with Crippen LogP contribution in [0.3, 0.4) is 0 Å². The third-order valence-electron chi connectivity index (χ3n) is 8.22. The van der Waals surface area contributed by atoms with Crippen LogP contribution in [-0.2, 0) is 20.0 Å². The van der Waals surface area contributed by atoms with Crippen LogP contribution in [0, 0.1) is 19.8 Å². The predicted octanol–water partition coefficient (Wildman–Crippen LogP) is 5.64. The Morgan fingerprint density at radius 3 is 2.15 bits per heavy atom. The number of benzene rings is 3. The van der Waals surface area contributed by atoms with Gasteiger partial charge in [0.05, 0.1) is 33.1 Å². The first kappa shape index (κ1) is 36.8. The molecule has 47 heavy (non-hydrogen) atoms. The van der Waals surface area contributed by atoms with Crippen molar-refractivity contribution in [3.05, 3.63) is 89.5 Å². The summed E-state index contributed by atoms with van der Waals surface area (Å²) < 4.78 is 58.2. The molecule has 3 aromatic rings. The van der Waals surface area contributed by atoms with Gasteiger partial charge in [-0.2, -0.15) is 4.31 Å². The lowest BCUT2D eigenvalue weighted by atomic mass is 9.94. The number of nitrogens with zero attached hydrogens (tertiary/aromatic N) is 2. The van der Waals surface area contributed by atoms with E-state index < -0.39 is 32.1 Å². The van der Waals surface area contributed by atoms with Crippen molar-refractivity contribution in [2.75, 3.05) is 19.7 Å². The van der Waals surface area contributed by atoms with Crippen LogP contribution in [0.25, 0.3) is 0 Å². The monoisotopic (exact) mass is 698 g/mol. The fraction of sp³-hybridized carbons (Fsp3) is 0.429.